The predicted molar refractivity (Wildman–Crippen MR) is 102 cm³/mol. The molecule has 0 N–H and O–H groups in total. The summed E-state index contributed by atoms with van der Waals surface area (Å²) in [5.74, 6) is 0.994. The fourth-order valence-electron chi connectivity index (χ4n) is 2.98. The number of fused-ring (bicyclic) bond motifs is 1. The van der Waals surface area contributed by atoms with Gasteiger partial charge in [0.1, 0.15) is 11.3 Å². The smallest absolute Gasteiger partial charge is 0.264 e. The van der Waals surface area contributed by atoms with Gasteiger partial charge in [-0.3, -0.25) is 4.79 Å². The SMILES string of the molecule is CCCN(Cc1nc2cccnc2n1CCC)C(=O)c1ccc(C)s1. The first-order chi connectivity index (χ1) is 12.1. The molecule has 6 heteroatoms. The van der Waals surface area contributed by atoms with E-state index in [-0.39, 0.29) is 5.91 Å². The van der Waals surface area contributed by atoms with Gasteiger partial charge in [0, 0.05) is 24.2 Å². The molecule has 0 saturated heterocycles. The number of hydrogen-bond acceptors (Lipinski definition) is 4. The Kier molecular flexibility index (Phi) is 5.48. The Morgan fingerprint density at radius 2 is 2.08 bits per heavy atom. The number of carbonyl (C=O) groups is 1. The van der Waals surface area contributed by atoms with Crippen molar-refractivity contribution in [3.05, 3.63) is 46.0 Å². The highest BCUT2D eigenvalue weighted by atomic mass is 32.1. The molecule has 0 saturated carbocycles. The molecule has 0 atom stereocenters. The van der Waals surface area contributed by atoms with E-state index in [0.717, 1.165) is 52.7 Å². The summed E-state index contributed by atoms with van der Waals surface area (Å²) in [5, 5.41) is 0. The van der Waals surface area contributed by atoms with Crippen LogP contribution in [0.1, 0.15) is 47.1 Å². The van der Waals surface area contributed by atoms with Crippen LogP contribution >= 0.6 is 11.3 Å². The van der Waals surface area contributed by atoms with E-state index in [9.17, 15) is 4.79 Å². The van der Waals surface area contributed by atoms with E-state index in [1.54, 1.807) is 17.5 Å². The minimum Gasteiger partial charge on any atom is -0.330 e. The molecule has 0 aliphatic heterocycles. The van der Waals surface area contributed by atoms with Gasteiger partial charge in [-0.05, 0) is 44.0 Å². The summed E-state index contributed by atoms with van der Waals surface area (Å²) in [6.07, 6.45) is 3.71. The summed E-state index contributed by atoms with van der Waals surface area (Å²) >= 11 is 1.55. The molecule has 3 aromatic rings. The number of carbonyl (C=O) groups excluding carboxylic acids is 1. The third-order valence-corrected chi connectivity index (χ3v) is 5.08. The third-order valence-electron chi connectivity index (χ3n) is 4.09. The van der Waals surface area contributed by atoms with Gasteiger partial charge in [-0.15, -0.1) is 11.3 Å². The lowest BCUT2D eigenvalue weighted by Crippen LogP contribution is -2.32. The first kappa shape index (κ1) is 17.6. The molecule has 0 aliphatic rings. The maximum atomic E-state index is 12.9. The average Bonchev–Trinajstić information content (AvgIpc) is 3.19. The highest BCUT2D eigenvalue weighted by molar-refractivity contribution is 7.13. The molecule has 25 heavy (non-hydrogen) atoms. The van der Waals surface area contributed by atoms with Crippen molar-refractivity contribution in [2.24, 2.45) is 0 Å². The molecular weight excluding hydrogens is 332 g/mol. The van der Waals surface area contributed by atoms with Crippen molar-refractivity contribution in [3.8, 4) is 0 Å². The molecule has 1 amide bonds. The lowest BCUT2D eigenvalue weighted by atomic mass is 10.3. The zero-order valence-electron chi connectivity index (χ0n) is 15.0. The first-order valence-electron chi connectivity index (χ1n) is 8.79. The minimum absolute atomic E-state index is 0.0861. The second-order valence-electron chi connectivity index (χ2n) is 6.16. The second kappa shape index (κ2) is 7.78. The van der Waals surface area contributed by atoms with Crippen LogP contribution in [0.4, 0.5) is 0 Å². The number of aromatic nitrogens is 3. The van der Waals surface area contributed by atoms with Crippen molar-refractivity contribution < 1.29 is 4.79 Å². The fourth-order valence-corrected chi connectivity index (χ4v) is 3.82. The van der Waals surface area contributed by atoms with Crippen molar-refractivity contribution >= 4 is 28.4 Å². The number of amides is 1. The Morgan fingerprint density at radius 3 is 2.76 bits per heavy atom. The molecule has 0 fully saturated rings. The molecule has 3 heterocycles. The number of imidazole rings is 1. The molecular formula is C19H24N4OS. The lowest BCUT2D eigenvalue weighted by Gasteiger charge is -2.21. The molecule has 3 rings (SSSR count). The van der Waals surface area contributed by atoms with Gasteiger partial charge in [0.25, 0.3) is 5.91 Å². The Labute approximate surface area is 152 Å². The van der Waals surface area contributed by atoms with E-state index in [4.69, 9.17) is 4.98 Å². The Bertz CT molecular complexity index is 867. The van der Waals surface area contributed by atoms with Gasteiger partial charge in [-0.1, -0.05) is 13.8 Å². The monoisotopic (exact) mass is 356 g/mol. The van der Waals surface area contributed by atoms with Gasteiger partial charge in [-0.25, -0.2) is 9.97 Å². The van der Waals surface area contributed by atoms with Crippen molar-refractivity contribution in [1.29, 1.82) is 0 Å². The molecule has 0 aliphatic carbocycles. The van der Waals surface area contributed by atoms with Crippen molar-refractivity contribution in [2.75, 3.05) is 6.54 Å². The first-order valence-corrected chi connectivity index (χ1v) is 9.61. The van der Waals surface area contributed by atoms with E-state index in [1.165, 1.54) is 0 Å². The number of rotatable bonds is 7. The van der Waals surface area contributed by atoms with Gasteiger partial charge >= 0.3 is 0 Å². The maximum absolute atomic E-state index is 12.9. The van der Waals surface area contributed by atoms with Crippen molar-refractivity contribution in [2.45, 2.75) is 46.7 Å². The van der Waals surface area contributed by atoms with Gasteiger partial charge in [0.2, 0.25) is 0 Å². The quantitative estimate of drug-likeness (QED) is 0.635. The van der Waals surface area contributed by atoms with Gasteiger partial charge < -0.3 is 9.47 Å². The molecule has 0 unspecified atom stereocenters. The van der Waals surface area contributed by atoms with E-state index < -0.39 is 0 Å². The average molecular weight is 356 g/mol. The summed E-state index contributed by atoms with van der Waals surface area (Å²) in [5.41, 5.74) is 1.79. The van der Waals surface area contributed by atoms with Crippen LogP contribution in [-0.2, 0) is 13.1 Å². The highest BCUT2D eigenvalue weighted by Gasteiger charge is 2.20. The normalized spacial score (nSPS) is 11.2. The van der Waals surface area contributed by atoms with Crippen LogP contribution in [0.25, 0.3) is 11.2 Å². The molecule has 0 bridgehead atoms. The second-order valence-corrected chi connectivity index (χ2v) is 7.45. The van der Waals surface area contributed by atoms with Crippen LogP contribution < -0.4 is 0 Å². The topological polar surface area (TPSA) is 51.0 Å². The number of aryl methyl sites for hydroxylation is 2. The van der Waals surface area contributed by atoms with E-state index in [0.29, 0.717) is 6.54 Å². The summed E-state index contributed by atoms with van der Waals surface area (Å²) < 4.78 is 2.14. The Morgan fingerprint density at radius 1 is 1.24 bits per heavy atom. The van der Waals surface area contributed by atoms with Crippen LogP contribution in [0.5, 0.6) is 0 Å². The molecule has 0 aromatic carbocycles. The molecule has 0 radical (unpaired) electrons. The molecule has 0 spiro atoms. The summed E-state index contributed by atoms with van der Waals surface area (Å²) in [6, 6.07) is 7.80. The highest BCUT2D eigenvalue weighted by Crippen LogP contribution is 2.20. The molecule has 132 valence electrons. The Balaban J connectivity index is 1.93. The van der Waals surface area contributed by atoms with E-state index >= 15 is 0 Å². The van der Waals surface area contributed by atoms with Gasteiger partial charge in [0.05, 0.1) is 11.4 Å². The number of thiophene rings is 1. The number of hydrogen-bond donors (Lipinski definition) is 0. The largest absolute Gasteiger partial charge is 0.330 e. The maximum Gasteiger partial charge on any atom is 0.264 e. The van der Waals surface area contributed by atoms with Crippen molar-refractivity contribution in [1.82, 2.24) is 19.4 Å². The fraction of sp³-hybridized carbons (Fsp3) is 0.421. The standard InChI is InChI=1S/C19H24N4OS/c1-4-11-22(19(24)16-9-8-14(3)25-16)13-17-21-15-7-6-10-20-18(15)23(17)12-5-2/h6-10H,4-5,11-13H2,1-3H3. The minimum atomic E-state index is 0.0861. The summed E-state index contributed by atoms with van der Waals surface area (Å²) in [7, 11) is 0. The van der Waals surface area contributed by atoms with Crippen LogP contribution in [0.3, 0.4) is 0 Å². The Hall–Kier alpha value is -2.21. The van der Waals surface area contributed by atoms with Gasteiger partial charge in [0.15, 0.2) is 5.65 Å². The molecule has 5 nitrogen and oxygen atoms in total. The van der Waals surface area contributed by atoms with Crippen LogP contribution in [-0.4, -0.2) is 31.9 Å². The zero-order chi connectivity index (χ0) is 17.8. The molecule has 3 aromatic heterocycles. The van der Waals surface area contributed by atoms with Crippen LogP contribution in [0, 0.1) is 6.92 Å². The van der Waals surface area contributed by atoms with E-state index in [1.807, 2.05) is 36.1 Å². The van der Waals surface area contributed by atoms with Crippen LogP contribution in [0.2, 0.25) is 0 Å². The van der Waals surface area contributed by atoms with Crippen molar-refractivity contribution in [3.63, 3.8) is 0 Å². The summed E-state index contributed by atoms with van der Waals surface area (Å²) in [4.78, 5) is 26.0. The van der Waals surface area contributed by atoms with E-state index in [2.05, 4.69) is 23.4 Å². The number of pyridine rings is 1. The van der Waals surface area contributed by atoms with Crippen LogP contribution in [0.15, 0.2) is 30.5 Å². The number of nitrogens with zero attached hydrogens (tertiary/aromatic N) is 4. The van der Waals surface area contributed by atoms with Gasteiger partial charge in [-0.2, -0.15) is 0 Å². The predicted octanol–water partition coefficient (Wildman–Crippen LogP) is 4.26. The zero-order valence-corrected chi connectivity index (χ0v) is 15.8. The third kappa shape index (κ3) is 3.74. The lowest BCUT2D eigenvalue weighted by molar-refractivity contribution is 0.0742. The summed E-state index contributed by atoms with van der Waals surface area (Å²) in [6.45, 7) is 8.35.